The predicted octanol–water partition coefficient (Wildman–Crippen LogP) is 5.89. The Morgan fingerprint density at radius 3 is 2.34 bits per heavy atom. The Bertz CT molecular complexity index is 621. The lowest BCUT2D eigenvalue weighted by Crippen LogP contribution is -2.63. The van der Waals surface area contributed by atoms with Gasteiger partial charge in [-0.15, -0.1) is 0 Å². The fourth-order valence-corrected chi connectivity index (χ4v) is 8.47. The molecule has 0 amide bonds. The third kappa shape index (κ3) is 2.99. The van der Waals surface area contributed by atoms with Crippen LogP contribution in [0.4, 0.5) is 0 Å². The Hall–Kier alpha value is -0.160. The zero-order valence-corrected chi connectivity index (χ0v) is 19.3. The monoisotopic (exact) mass is 406 g/mol. The summed E-state index contributed by atoms with van der Waals surface area (Å²) in [7, 11) is 0. The molecule has 5 fully saturated rings. The Morgan fingerprint density at radius 1 is 0.862 bits per heavy atom. The molecule has 0 bridgehead atoms. The third-order valence-corrected chi connectivity index (χ3v) is 9.86. The zero-order chi connectivity index (χ0) is 20.5. The average Bonchev–Trinajstić information content (AvgIpc) is 3.26. The van der Waals surface area contributed by atoms with Crippen LogP contribution in [0.3, 0.4) is 0 Å². The lowest BCUT2D eigenvalue weighted by atomic mass is 9.44. The molecular formula is C25H42O4. The van der Waals surface area contributed by atoms with Crippen LogP contribution < -0.4 is 0 Å². The summed E-state index contributed by atoms with van der Waals surface area (Å²) in [5, 5.41) is 0. The molecule has 1 saturated heterocycles. The maximum absolute atomic E-state index is 6.39. The van der Waals surface area contributed by atoms with Crippen molar-refractivity contribution in [3.8, 4) is 0 Å². The smallest absolute Gasteiger partial charge is 0.176 e. The summed E-state index contributed by atoms with van der Waals surface area (Å²) in [6, 6.07) is 0. The van der Waals surface area contributed by atoms with Gasteiger partial charge in [-0.2, -0.15) is 0 Å². The summed E-state index contributed by atoms with van der Waals surface area (Å²) in [4.78, 5) is 12.3. The minimum Gasteiger partial charge on any atom is -0.347 e. The third-order valence-electron chi connectivity index (χ3n) is 9.86. The Morgan fingerprint density at radius 2 is 1.62 bits per heavy atom. The molecule has 4 saturated carbocycles. The Balaban J connectivity index is 1.51. The molecule has 0 aromatic heterocycles. The molecule has 0 radical (unpaired) electrons. The molecule has 5 rings (SSSR count). The highest BCUT2D eigenvalue weighted by molar-refractivity contribution is 5.15. The normalized spacial score (nSPS) is 48.9. The molecule has 4 aliphatic carbocycles. The van der Waals surface area contributed by atoms with Gasteiger partial charge in [-0.05, 0) is 88.4 Å². The van der Waals surface area contributed by atoms with E-state index in [-0.39, 0.29) is 17.1 Å². The zero-order valence-electron chi connectivity index (χ0n) is 19.3. The maximum Gasteiger partial charge on any atom is 0.176 e. The van der Waals surface area contributed by atoms with Gasteiger partial charge >= 0.3 is 0 Å². The van der Waals surface area contributed by atoms with Crippen LogP contribution in [0, 0.1) is 34.5 Å². The fraction of sp³-hybridized carbons (Fsp3) is 1.00. The molecule has 5 aliphatic rings. The van der Waals surface area contributed by atoms with E-state index < -0.39 is 5.79 Å². The van der Waals surface area contributed by atoms with Crippen molar-refractivity contribution in [3.05, 3.63) is 0 Å². The Labute approximate surface area is 177 Å². The summed E-state index contributed by atoms with van der Waals surface area (Å²) in [5.41, 5.74) is 0.0302. The van der Waals surface area contributed by atoms with Crippen LogP contribution in [0.25, 0.3) is 0 Å². The minimum absolute atomic E-state index is 0.0334. The van der Waals surface area contributed by atoms with Gasteiger partial charge in [0, 0.05) is 6.42 Å². The van der Waals surface area contributed by atoms with Crippen molar-refractivity contribution in [1.82, 2.24) is 0 Å². The molecule has 7 unspecified atom stereocenters. The topological polar surface area (TPSA) is 36.9 Å². The first-order valence-electron chi connectivity index (χ1n) is 12.3. The second-order valence-corrected chi connectivity index (χ2v) is 12.2. The number of fused-ring (bicyclic) bond motifs is 6. The lowest BCUT2D eigenvalue weighted by Gasteiger charge is -2.62. The first-order chi connectivity index (χ1) is 13.7. The van der Waals surface area contributed by atoms with E-state index in [1.807, 2.05) is 0 Å². The van der Waals surface area contributed by atoms with Crippen molar-refractivity contribution in [2.24, 2.45) is 34.5 Å². The van der Waals surface area contributed by atoms with E-state index in [9.17, 15) is 0 Å². The van der Waals surface area contributed by atoms with Crippen molar-refractivity contribution < 1.29 is 19.2 Å². The molecule has 0 N–H and O–H groups in total. The summed E-state index contributed by atoms with van der Waals surface area (Å²) in [6.45, 7) is 12.7. The SMILES string of the molecule is CC(C)(C)OOC1CC2C(CCC3CCCCC32C)C2CCC3(OCCO3)C12C. The van der Waals surface area contributed by atoms with Gasteiger partial charge in [0.15, 0.2) is 5.79 Å². The van der Waals surface area contributed by atoms with Crippen molar-refractivity contribution in [2.45, 2.75) is 110 Å². The quantitative estimate of drug-likeness (QED) is 0.423. The van der Waals surface area contributed by atoms with E-state index >= 15 is 0 Å². The Kier molecular flexibility index (Phi) is 4.94. The van der Waals surface area contributed by atoms with E-state index in [1.165, 1.54) is 44.9 Å². The number of hydrogen-bond acceptors (Lipinski definition) is 4. The van der Waals surface area contributed by atoms with Crippen LogP contribution in [-0.2, 0) is 19.2 Å². The highest BCUT2D eigenvalue weighted by atomic mass is 17.2. The molecule has 4 heteroatoms. The van der Waals surface area contributed by atoms with Gasteiger partial charge in [0.2, 0.25) is 0 Å². The lowest BCUT2D eigenvalue weighted by molar-refractivity contribution is -0.420. The van der Waals surface area contributed by atoms with E-state index in [0.717, 1.165) is 30.6 Å². The second-order valence-electron chi connectivity index (χ2n) is 12.2. The van der Waals surface area contributed by atoms with Gasteiger partial charge in [0.05, 0.1) is 24.2 Å². The maximum atomic E-state index is 6.39. The van der Waals surface area contributed by atoms with Crippen molar-refractivity contribution in [3.63, 3.8) is 0 Å². The molecular weight excluding hydrogens is 364 g/mol. The molecule has 1 heterocycles. The van der Waals surface area contributed by atoms with Gasteiger partial charge < -0.3 is 9.47 Å². The highest BCUT2D eigenvalue weighted by Gasteiger charge is 2.71. The van der Waals surface area contributed by atoms with Crippen molar-refractivity contribution in [1.29, 1.82) is 0 Å². The minimum atomic E-state index is -0.473. The highest BCUT2D eigenvalue weighted by Crippen LogP contribution is 2.70. The van der Waals surface area contributed by atoms with Crippen molar-refractivity contribution in [2.75, 3.05) is 13.2 Å². The van der Waals surface area contributed by atoms with Gasteiger partial charge in [-0.1, -0.05) is 26.7 Å². The average molecular weight is 407 g/mol. The first-order valence-corrected chi connectivity index (χ1v) is 12.3. The van der Waals surface area contributed by atoms with Crippen LogP contribution in [0.1, 0.15) is 92.4 Å². The van der Waals surface area contributed by atoms with Gasteiger partial charge in [-0.25, -0.2) is 9.78 Å². The molecule has 1 aliphatic heterocycles. The standard InChI is InChI=1S/C25H42O4/c1-22(2,3)29-28-21-16-20-18(10-9-17-8-6-7-12-23(17,20)4)19-11-13-25(24(19,21)5)26-14-15-27-25/h17-21H,6-16H2,1-5H3. The fourth-order valence-electron chi connectivity index (χ4n) is 8.47. The molecule has 0 aromatic rings. The molecule has 166 valence electrons. The molecule has 4 nitrogen and oxygen atoms in total. The second kappa shape index (κ2) is 6.92. The summed E-state index contributed by atoms with van der Waals surface area (Å²) >= 11 is 0. The largest absolute Gasteiger partial charge is 0.347 e. The van der Waals surface area contributed by atoms with Gasteiger partial charge in [0.25, 0.3) is 0 Å². The predicted molar refractivity (Wildman–Crippen MR) is 112 cm³/mol. The summed E-state index contributed by atoms with van der Waals surface area (Å²) in [6.07, 6.45) is 11.8. The van der Waals surface area contributed by atoms with Gasteiger partial charge in [0.1, 0.15) is 6.10 Å². The number of rotatable bonds is 2. The number of hydrogen-bond donors (Lipinski definition) is 0. The van der Waals surface area contributed by atoms with E-state index in [0.29, 0.717) is 24.5 Å². The molecule has 7 atom stereocenters. The van der Waals surface area contributed by atoms with Crippen LogP contribution in [0.15, 0.2) is 0 Å². The molecule has 1 spiro atoms. The van der Waals surface area contributed by atoms with Crippen LogP contribution in [-0.4, -0.2) is 30.7 Å². The molecule has 0 aromatic carbocycles. The summed E-state index contributed by atoms with van der Waals surface area (Å²) in [5.74, 6) is 2.55. The van der Waals surface area contributed by atoms with E-state index in [1.54, 1.807) is 0 Å². The van der Waals surface area contributed by atoms with Crippen LogP contribution in [0.5, 0.6) is 0 Å². The first kappa shape index (κ1) is 20.7. The number of ether oxygens (including phenoxy) is 2. The van der Waals surface area contributed by atoms with Crippen LogP contribution in [0.2, 0.25) is 0 Å². The van der Waals surface area contributed by atoms with Crippen molar-refractivity contribution >= 4 is 0 Å². The van der Waals surface area contributed by atoms with Crippen LogP contribution >= 0.6 is 0 Å². The summed E-state index contributed by atoms with van der Waals surface area (Å²) < 4.78 is 12.8. The van der Waals surface area contributed by atoms with E-state index in [2.05, 4.69) is 34.6 Å². The van der Waals surface area contributed by atoms with E-state index in [4.69, 9.17) is 19.2 Å². The van der Waals surface area contributed by atoms with Gasteiger partial charge in [-0.3, -0.25) is 0 Å². The molecule has 29 heavy (non-hydrogen) atoms.